The number of carbonyl (C=O) groups excluding carboxylic acids is 3. The molecule has 0 spiro atoms. The van der Waals surface area contributed by atoms with Crippen LogP contribution in [0.25, 0.3) is 0 Å². The van der Waals surface area contributed by atoms with E-state index in [9.17, 15) is 14.4 Å². The van der Waals surface area contributed by atoms with Gasteiger partial charge >= 0.3 is 0 Å². The minimum absolute atomic E-state index is 0.0451. The van der Waals surface area contributed by atoms with E-state index >= 15 is 0 Å². The van der Waals surface area contributed by atoms with Gasteiger partial charge in [0, 0.05) is 52.2 Å². The third-order valence-corrected chi connectivity index (χ3v) is 6.04. The van der Waals surface area contributed by atoms with E-state index in [1.54, 1.807) is 4.90 Å². The summed E-state index contributed by atoms with van der Waals surface area (Å²) in [6.07, 6.45) is 8.25. The summed E-state index contributed by atoms with van der Waals surface area (Å²) in [5.74, 6) is 0.387. The number of hydrogen-bond donors (Lipinski definition) is 0. The quantitative estimate of drug-likeness (QED) is 0.730. The summed E-state index contributed by atoms with van der Waals surface area (Å²) >= 11 is 0. The van der Waals surface area contributed by atoms with Crippen molar-refractivity contribution in [2.45, 2.75) is 51.4 Å². The predicted molar refractivity (Wildman–Crippen MR) is 103 cm³/mol. The highest BCUT2D eigenvalue weighted by molar-refractivity contribution is 5.85. The molecule has 0 radical (unpaired) electrons. The Labute approximate surface area is 162 Å². The summed E-state index contributed by atoms with van der Waals surface area (Å²) in [5, 5.41) is 0. The molecule has 0 aromatic carbocycles. The Balaban J connectivity index is 1.40. The molecule has 7 nitrogen and oxygen atoms in total. The maximum Gasteiger partial charge on any atom is 0.242 e. The lowest BCUT2D eigenvalue weighted by molar-refractivity contribution is -0.141. The normalized spacial score (nSPS) is 23.1. The average molecular weight is 379 g/mol. The molecule has 0 aromatic rings. The van der Waals surface area contributed by atoms with Gasteiger partial charge < -0.3 is 14.7 Å². The largest absolute Gasteiger partial charge is 0.342 e. The molecule has 3 heterocycles. The van der Waals surface area contributed by atoms with Gasteiger partial charge in [0.05, 0.1) is 13.1 Å². The van der Waals surface area contributed by atoms with Gasteiger partial charge in [-0.25, -0.2) is 0 Å². The van der Waals surface area contributed by atoms with Crippen LogP contribution in [-0.4, -0.2) is 96.2 Å². The number of hydrogen-bond acceptors (Lipinski definition) is 4. The van der Waals surface area contributed by atoms with Crippen molar-refractivity contribution in [3.8, 4) is 0 Å². The first-order chi connectivity index (χ1) is 13.1. The monoisotopic (exact) mass is 378 g/mol. The van der Waals surface area contributed by atoms with E-state index in [2.05, 4.69) is 4.90 Å². The number of carbonyl (C=O) groups is 3. The van der Waals surface area contributed by atoms with Crippen molar-refractivity contribution < 1.29 is 14.4 Å². The van der Waals surface area contributed by atoms with E-state index in [1.807, 2.05) is 9.80 Å². The fraction of sp³-hybridized carbons (Fsp3) is 0.850. The molecule has 3 aliphatic heterocycles. The summed E-state index contributed by atoms with van der Waals surface area (Å²) < 4.78 is 0. The molecule has 0 unspecified atom stereocenters. The Morgan fingerprint density at radius 2 is 1.19 bits per heavy atom. The van der Waals surface area contributed by atoms with Crippen molar-refractivity contribution in [1.82, 2.24) is 19.6 Å². The van der Waals surface area contributed by atoms with Crippen LogP contribution in [0.5, 0.6) is 0 Å². The van der Waals surface area contributed by atoms with Crippen LogP contribution < -0.4 is 0 Å². The fourth-order valence-corrected chi connectivity index (χ4v) is 4.24. The maximum absolute atomic E-state index is 12.6. The van der Waals surface area contributed by atoms with Crippen LogP contribution in [0.2, 0.25) is 0 Å². The molecule has 27 heavy (non-hydrogen) atoms. The molecule has 0 aromatic heterocycles. The molecule has 0 atom stereocenters. The van der Waals surface area contributed by atoms with Gasteiger partial charge in [-0.05, 0) is 25.7 Å². The second-order valence-electron chi connectivity index (χ2n) is 8.08. The smallest absolute Gasteiger partial charge is 0.242 e. The predicted octanol–water partition coefficient (Wildman–Crippen LogP) is 0.936. The number of nitrogens with zero attached hydrogens (tertiary/aromatic N) is 4. The minimum Gasteiger partial charge on any atom is -0.342 e. The summed E-state index contributed by atoms with van der Waals surface area (Å²) in [6, 6.07) is 0. The van der Waals surface area contributed by atoms with Crippen LogP contribution >= 0.6 is 0 Å². The van der Waals surface area contributed by atoms with E-state index in [0.29, 0.717) is 32.6 Å². The third kappa shape index (κ3) is 5.92. The van der Waals surface area contributed by atoms with Crippen LogP contribution in [0.1, 0.15) is 51.4 Å². The topological polar surface area (TPSA) is 64.2 Å². The van der Waals surface area contributed by atoms with E-state index in [1.165, 1.54) is 12.8 Å². The molecular formula is C20H34N4O3. The molecule has 3 aliphatic rings. The Morgan fingerprint density at radius 3 is 1.89 bits per heavy atom. The van der Waals surface area contributed by atoms with Gasteiger partial charge in [-0.2, -0.15) is 0 Å². The molecule has 0 aliphatic carbocycles. The Morgan fingerprint density at radius 1 is 0.630 bits per heavy atom. The second kappa shape index (κ2) is 10.1. The SMILES string of the molecule is O=C(CN1CCN(C(=O)CN2CCCCCC2=O)CC1)N1CCCCCC1. The van der Waals surface area contributed by atoms with Crippen LogP contribution in [0.4, 0.5) is 0 Å². The minimum atomic E-state index is 0.0451. The van der Waals surface area contributed by atoms with Gasteiger partial charge in [0.2, 0.25) is 17.7 Å². The van der Waals surface area contributed by atoms with Gasteiger partial charge in [-0.3, -0.25) is 19.3 Å². The molecule has 0 saturated carbocycles. The van der Waals surface area contributed by atoms with E-state index < -0.39 is 0 Å². The number of likely N-dealkylation sites (tertiary alicyclic amines) is 2. The molecule has 7 heteroatoms. The van der Waals surface area contributed by atoms with E-state index in [4.69, 9.17) is 0 Å². The van der Waals surface area contributed by atoms with Crippen molar-refractivity contribution in [2.75, 3.05) is 58.9 Å². The van der Waals surface area contributed by atoms with E-state index in [0.717, 1.165) is 58.3 Å². The average Bonchev–Trinajstić information content (AvgIpc) is 3.06. The molecule has 3 rings (SSSR count). The molecule has 3 amide bonds. The summed E-state index contributed by atoms with van der Waals surface area (Å²) in [4.78, 5) is 44.9. The molecule has 0 N–H and O–H groups in total. The van der Waals surface area contributed by atoms with Crippen LogP contribution in [0.3, 0.4) is 0 Å². The first-order valence-electron chi connectivity index (χ1n) is 10.7. The fourth-order valence-electron chi connectivity index (χ4n) is 4.24. The highest BCUT2D eigenvalue weighted by atomic mass is 16.2. The number of rotatable bonds is 4. The highest BCUT2D eigenvalue weighted by Crippen LogP contribution is 2.13. The molecule has 3 fully saturated rings. The maximum atomic E-state index is 12.6. The van der Waals surface area contributed by atoms with Crippen molar-refractivity contribution >= 4 is 17.7 Å². The molecular weight excluding hydrogens is 344 g/mol. The lowest BCUT2D eigenvalue weighted by atomic mass is 10.2. The van der Waals surface area contributed by atoms with Gasteiger partial charge in [0.15, 0.2) is 0 Å². The molecule has 3 saturated heterocycles. The molecule has 0 bridgehead atoms. The van der Waals surface area contributed by atoms with Gasteiger partial charge in [-0.15, -0.1) is 0 Å². The zero-order valence-corrected chi connectivity index (χ0v) is 16.5. The van der Waals surface area contributed by atoms with Crippen molar-refractivity contribution in [3.05, 3.63) is 0 Å². The summed E-state index contributed by atoms with van der Waals surface area (Å²) in [5.41, 5.74) is 0. The zero-order valence-electron chi connectivity index (χ0n) is 16.5. The lowest BCUT2D eigenvalue weighted by Gasteiger charge is -2.36. The molecule has 152 valence electrons. The van der Waals surface area contributed by atoms with Crippen LogP contribution in [-0.2, 0) is 14.4 Å². The summed E-state index contributed by atoms with van der Waals surface area (Å²) in [6.45, 7) is 5.93. The second-order valence-corrected chi connectivity index (χ2v) is 8.08. The first-order valence-corrected chi connectivity index (χ1v) is 10.7. The summed E-state index contributed by atoms with van der Waals surface area (Å²) in [7, 11) is 0. The van der Waals surface area contributed by atoms with E-state index in [-0.39, 0.29) is 24.3 Å². The standard InChI is InChI=1S/C20H34N4O3/c25-18-8-4-3-7-11-24(18)17-20(27)23-14-12-21(13-15-23)16-19(26)22-9-5-1-2-6-10-22/h1-17H2. The van der Waals surface area contributed by atoms with Crippen molar-refractivity contribution in [2.24, 2.45) is 0 Å². The number of piperazine rings is 1. The third-order valence-electron chi connectivity index (χ3n) is 6.04. The first kappa shape index (κ1) is 20.1. The van der Waals surface area contributed by atoms with Crippen molar-refractivity contribution in [1.29, 1.82) is 0 Å². The highest BCUT2D eigenvalue weighted by Gasteiger charge is 2.27. The Hall–Kier alpha value is -1.63. The van der Waals surface area contributed by atoms with Crippen LogP contribution in [0.15, 0.2) is 0 Å². The Bertz CT molecular complexity index is 523. The Kier molecular flexibility index (Phi) is 7.50. The number of amides is 3. The van der Waals surface area contributed by atoms with Crippen LogP contribution in [0, 0.1) is 0 Å². The van der Waals surface area contributed by atoms with Crippen molar-refractivity contribution in [3.63, 3.8) is 0 Å². The lowest BCUT2D eigenvalue weighted by Crippen LogP contribution is -2.53. The van der Waals surface area contributed by atoms with Gasteiger partial charge in [0.25, 0.3) is 0 Å². The van der Waals surface area contributed by atoms with Gasteiger partial charge in [-0.1, -0.05) is 19.3 Å². The zero-order chi connectivity index (χ0) is 19.1. The van der Waals surface area contributed by atoms with Gasteiger partial charge in [0.1, 0.15) is 0 Å².